The molecule has 0 saturated carbocycles. The molecule has 6 heteroatoms. The normalized spacial score (nSPS) is 11.7. The van der Waals surface area contributed by atoms with E-state index in [0.717, 1.165) is 18.9 Å². The first-order chi connectivity index (χ1) is 9.49. The van der Waals surface area contributed by atoms with E-state index in [9.17, 15) is 13.2 Å². The molecule has 1 aromatic rings. The molecule has 2 nitrogen and oxygen atoms in total. The molecule has 0 unspecified atom stereocenters. The van der Waals surface area contributed by atoms with Gasteiger partial charge in [-0.15, -0.1) is 0 Å². The number of hydrogen-bond acceptors (Lipinski definition) is 2. The van der Waals surface area contributed by atoms with Crippen LogP contribution in [0.3, 0.4) is 0 Å². The molecule has 0 N–H and O–H groups in total. The Bertz CT molecular complexity index is 408. The summed E-state index contributed by atoms with van der Waals surface area (Å²) in [6.45, 7) is 3.05. The molecule has 0 amide bonds. The Hall–Kier alpha value is -0.750. The molecule has 114 valence electrons. The van der Waals surface area contributed by atoms with Crippen molar-refractivity contribution in [2.45, 2.75) is 31.3 Å². The van der Waals surface area contributed by atoms with Gasteiger partial charge in [0.15, 0.2) is 0 Å². The maximum absolute atomic E-state index is 12.9. The molecule has 0 radical (unpaired) electrons. The van der Waals surface area contributed by atoms with Gasteiger partial charge in [0.1, 0.15) is 12.4 Å². The highest BCUT2D eigenvalue weighted by Gasteiger charge is 2.34. The predicted octanol–water partition coefficient (Wildman–Crippen LogP) is 4.80. The second-order valence-electron chi connectivity index (χ2n) is 4.28. The van der Waals surface area contributed by atoms with Gasteiger partial charge in [0.25, 0.3) is 0 Å². The van der Waals surface area contributed by atoms with Crippen LogP contribution in [0.4, 0.5) is 13.2 Å². The lowest BCUT2D eigenvalue weighted by Crippen LogP contribution is -2.12. The largest absolute Gasteiger partial charge is 0.491 e. The monoisotopic (exact) mass is 354 g/mol. The lowest BCUT2D eigenvalue weighted by Gasteiger charge is -2.15. The molecule has 20 heavy (non-hydrogen) atoms. The first-order valence-electron chi connectivity index (χ1n) is 6.45. The van der Waals surface area contributed by atoms with Crippen LogP contribution in [0.1, 0.15) is 30.9 Å². The van der Waals surface area contributed by atoms with Crippen molar-refractivity contribution >= 4 is 15.9 Å². The van der Waals surface area contributed by atoms with Gasteiger partial charge in [-0.2, -0.15) is 13.2 Å². The topological polar surface area (TPSA) is 18.5 Å². The highest BCUT2D eigenvalue weighted by Crippen LogP contribution is 2.37. The minimum atomic E-state index is -4.42. The van der Waals surface area contributed by atoms with Crippen LogP contribution in [0.25, 0.3) is 0 Å². The summed E-state index contributed by atoms with van der Waals surface area (Å²) in [7, 11) is 0. The molecule has 0 aliphatic heterocycles. The zero-order chi connectivity index (χ0) is 15.0. The Morgan fingerprint density at radius 3 is 2.50 bits per heavy atom. The van der Waals surface area contributed by atoms with Crippen molar-refractivity contribution in [2.75, 3.05) is 19.8 Å². The number of alkyl halides is 4. The summed E-state index contributed by atoms with van der Waals surface area (Å²) in [6.07, 6.45) is -2.46. The average Bonchev–Trinajstić information content (AvgIpc) is 2.41. The van der Waals surface area contributed by atoms with Crippen molar-refractivity contribution in [3.05, 3.63) is 29.3 Å². The predicted molar refractivity (Wildman–Crippen MR) is 75.3 cm³/mol. The van der Waals surface area contributed by atoms with Crippen LogP contribution in [0.5, 0.6) is 5.75 Å². The molecule has 0 saturated heterocycles. The molecular weight excluding hydrogens is 337 g/mol. The van der Waals surface area contributed by atoms with E-state index in [2.05, 4.69) is 15.9 Å². The maximum atomic E-state index is 12.9. The standard InChI is InChI=1S/C14H18BrF3O2/c1-2-3-6-19-7-8-20-13-5-4-11(10-15)9-12(13)14(16,17)18/h4-5,9H,2-3,6-8,10H2,1H3. The van der Waals surface area contributed by atoms with Crippen molar-refractivity contribution in [1.29, 1.82) is 0 Å². The van der Waals surface area contributed by atoms with Gasteiger partial charge in [-0.1, -0.05) is 35.3 Å². The Kier molecular flexibility index (Phi) is 7.37. The van der Waals surface area contributed by atoms with E-state index in [-0.39, 0.29) is 19.0 Å². The first-order valence-corrected chi connectivity index (χ1v) is 7.57. The van der Waals surface area contributed by atoms with E-state index in [1.165, 1.54) is 6.07 Å². The smallest absolute Gasteiger partial charge is 0.419 e. The van der Waals surface area contributed by atoms with Crippen molar-refractivity contribution in [2.24, 2.45) is 0 Å². The molecule has 0 bridgehead atoms. The van der Waals surface area contributed by atoms with Crippen LogP contribution >= 0.6 is 15.9 Å². The first kappa shape index (κ1) is 17.3. The number of benzene rings is 1. The molecule has 0 spiro atoms. The van der Waals surface area contributed by atoms with Crippen LogP contribution in [-0.2, 0) is 16.2 Å². The molecule has 0 aromatic heterocycles. The lowest BCUT2D eigenvalue weighted by atomic mass is 10.1. The van der Waals surface area contributed by atoms with E-state index in [1.54, 1.807) is 6.07 Å². The number of rotatable bonds is 8. The highest BCUT2D eigenvalue weighted by atomic mass is 79.9. The van der Waals surface area contributed by atoms with Gasteiger partial charge < -0.3 is 9.47 Å². The summed E-state index contributed by atoms with van der Waals surface area (Å²) in [5.74, 6) is -0.152. The number of hydrogen-bond donors (Lipinski definition) is 0. The summed E-state index contributed by atoms with van der Waals surface area (Å²) in [6, 6.07) is 4.06. The van der Waals surface area contributed by atoms with E-state index in [1.807, 2.05) is 6.92 Å². The Labute approximate surface area is 125 Å². The van der Waals surface area contributed by atoms with Crippen LogP contribution in [0.2, 0.25) is 0 Å². The van der Waals surface area contributed by atoms with E-state index < -0.39 is 11.7 Å². The summed E-state index contributed by atoms with van der Waals surface area (Å²) in [5.41, 5.74) is -0.188. The van der Waals surface area contributed by atoms with Gasteiger partial charge >= 0.3 is 6.18 Å². The number of ether oxygens (including phenoxy) is 2. The minimum Gasteiger partial charge on any atom is -0.491 e. The number of unbranched alkanes of at least 4 members (excludes halogenated alkanes) is 1. The fourth-order valence-electron chi connectivity index (χ4n) is 1.57. The zero-order valence-electron chi connectivity index (χ0n) is 11.3. The van der Waals surface area contributed by atoms with Crippen LogP contribution in [-0.4, -0.2) is 19.8 Å². The lowest BCUT2D eigenvalue weighted by molar-refractivity contribution is -0.139. The molecule has 1 aromatic carbocycles. The van der Waals surface area contributed by atoms with E-state index in [0.29, 0.717) is 17.5 Å². The fraction of sp³-hybridized carbons (Fsp3) is 0.571. The van der Waals surface area contributed by atoms with Crippen molar-refractivity contribution in [3.63, 3.8) is 0 Å². The quantitative estimate of drug-likeness (QED) is 0.493. The van der Waals surface area contributed by atoms with Gasteiger partial charge in [-0.25, -0.2) is 0 Å². The summed E-state index contributed by atoms with van der Waals surface area (Å²) in [5, 5.41) is 0.372. The third kappa shape index (κ3) is 5.71. The summed E-state index contributed by atoms with van der Waals surface area (Å²) < 4.78 is 49.2. The van der Waals surface area contributed by atoms with Gasteiger partial charge in [0, 0.05) is 11.9 Å². The van der Waals surface area contributed by atoms with Crippen LogP contribution in [0, 0.1) is 0 Å². The molecule has 0 fully saturated rings. The SMILES string of the molecule is CCCCOCCOc1ccc(CBr)cc1C(F)(F)F. The molecule has 0 atom stereocenters. The summed E-state index contributed by atoms with van der Waals surface area (Å²) >= 11 is 3.14. The zero-order valence-corrected chi connectivity index (χ0v) is 12.9. The van der Waals surface area contributed by atoms with E-state index in [4.69, 9.17) is 9.47 Å². The van der Waals surface area contributed by atoms with Gasteiger partial charge in [0.2, 0.25) is 0 Å². The Balaban J connectivity index is 2.60. The third-order valence-corrected chi connectivity index (χ3v) is 3.28. The van der Waals surface area contributed by atoms with Crippen molar-refractivity contribution in [1.82, 2.24) is 0 Å². The minimum absolute atomic E-state index is 0.112. The average molecular weight is 355 g/mol. The van der Waals surface area contributed by atoms with Crippen LogP contribution < -0.4 is 4.74 Å². The molecule has 0 aliphatic rings. The summed E-state index contributed by atoms with van der Waals surface area (Å²) in [4.78, 5) is 0. The molecule has 1 rings (SSSR count). The highest BCUT2D eigenvalue weighted by molar-refractivity contribution is 9.08. The second kappa shape index (κ2) is 8.52. The number of halogens is 4. The fourth-order valence-corrected chi connectivity index (χ4v) is 1.92. The van der Waals surface area contributed by atoms with Gasteiger partial charge in [-0.3, -0.25) is 0 Å². The van der Waals surface area contributed by atoms with Crippen molar-refractivity contribution in [3.8, 4) is 5.75 Å². The Morgan fingerprint density at radius 2 is 1.90 bits per heavy atom. The van der Waals surface area contributed by atoms with Gasteiger partial charge in [0.05, 0.1) is 12.2 Å². The van der Waals surface area contributed by atoms with Gasteiger partial charge in [-0.05, 0) is 24.1 Å². The van der Waals surface area contributed by atoms with Crippen LogP contribution in [0.15, 0.2) is 18.2 Å². The maximum Gasteiger partial charge on any atom is 0.419 e. The third-order valence-electron chi connectivity index (χ3n) is 2.63. The second-order valence-corrected chi connectivity index (χ2v) is 4.84. The molecular formula is C14H18BrF3O2. The molecule has 0 heterocycles. The molecule has 0 aliphatic carbocycles. The van der Waals surface area contributed by atoms with Crippen molar-refractivity contribution < 1.29 is 22.6 Å². The Morgan fingerprint density at radius 1 is 1.15 bits per heavy atom. The van der Waals surface area contributed by atoms with E-state index >= 15 is 0 Å².